The van der Waals surface area contributed by atoms with Gasteiger partial charge in [-0.15, -0.1) is 0 Å². The van der Waals surface area contributed by atoms with Crippen LogP contribution in [-0.2, 0) is 4.79 Å². The van der Waals surface area contributed by atoms with Gasteiger partial charge in [0.15, 0.2) is 6.10 Å². The molecule has 0 spiro atoms. The van der Waals surface area contributed by atoms with E-state index in [-0.39, 0.29) is 11.9 Å². The Morgan fingerprint density at radius 2 is 1.64 bits per heavy atom. The quantitative estimate of drug-likeness (QED) is 0.798. The molecule has 0 aromatic heterocycles. The molecule has 0 saturated carbocycles. The van der Waals surface area contributed by atoms with Crippen molar-refractivity contribution in [3.05, 3.63) is 64.7 Å². The van der Waals surface area contributed by atoms with E-state index in [2.05, 4.69) is 51.2 Å². The molecular formula is C22H29NO2. The van der Waals surface area contributed by atoms with Gasteiger partial charge in [-0.25, -0.2) is 0 Å². The summed E-state index contributed by atoms with van der Waals surface area (Å²) in [7, 11) is 0. The number of hydrogen-bond acceptors (Lipinski definition) is 2. The maximum absolute atomic E-state index is 12.6. The van der Waals surface area contributed by atoms with Gasteiger partial charge in [0.1, 0.15) is 5.75 Å². The minimum absolute atomic E-state index is 0.0567. The van der Waals surface area contributed by atoms with Crippen molar-refractivity contribution in [2.45, 2.75) is 59.6 Å². The highest BCUT2D eigenvalue weighted by molar-refractivity contribution is 5.81. The van der Waals surface area contributed by atoms with Crippen molar-refractivity contribution in [1.82, 2.24) is 5.32 Å². The van der Waals surface area contributed by atoms with Gasteiger partial charge in [-0.05, 0) is 56.4 Å². The molecule has 0 fully saturated rings. The molecule has 0 saturated heterocycles. The highest BCUT2D eigenvalue weighted by Gasteiger charge is 2.20. The average molecular weight is 339 g/mol. The van der Waals surface area contributed by atoms with E-state index in [9.17, 15) is 4.79 Å². The van der Waals surface area contributed by atoms with Gasteiger partial charge in [0, 0.05) is 0 Å². The van der Waals surface area contributed by atoms with Gasteiger partial charge in [-0.3, -0.25) is 4.79 Å². The summed E-state index contributed by atoms with van der Waals surface area (Å²) in [4.78, 5) is 12.6. The van der Waals surface area contributed by atoms with Crippen LogP contribution in [0.15, 0.2) is 42.5 Å². The summed E-state index contributed by atoms with van der Waals surface area (Å²) in [6.45, 7) is 12.2. The zero-order valence-corrected chi connectivity index (χ0v) is 16.1. The van der Waals surface area contributed by atoms with E-state index in [4.69, 9.17) is 4.74 Å². The fourth-order valence-corrected chi connectivity index (χ4v) is 2.94. The molecule has 0 aliphatic rings. The summed E-state index contributed by atoms with van der Waals surface area (Å²) in [6, 6.07) is 14.1. The molecule has 0 bridgehead atoms. The van der Waals surface area contributed by atoms with Gasteiger partial charge in [-0.2, -0.15) is 0 Å². The van der Waals surface area contributed by atoms with Crippen molar-refractivity contribution in [3.63, 3.8) is 0 Å². The van der Waals surface area contributed by atoms with Gasteiger partial charge in [0.2, 0.25) is 0 Å². The van der Waals surface area contributed by atoms with Crippen LogP contribution < -0.4 is 10.1 Å². The molecule has 25 heavy (non-hydrogen) atoms. The van der Waals surface area contributed by atoms with E-state index >= 15 is 0 Å². The molecule has 0 heterocycles. The Balaban J connectivity index is 2.07. The molecule has 2 rings (SSSR count). The van der Waals surface area contributed by atoms with Gasteiger partial charge in [0.25, 0.3) is 5.91 Å². The second-order valence-electron chi connectivity index (χ2n) is 7.04. The van der Waals surface area contributed by atoms with Crippen molar-refractivity contribution in [3.8, 4) is 5.75 Å². The van der Waals surface area contributed by atoms with Crippen molar-refractivity contribution in [2.75, 3.05) is 0 Å². The first-order valence-electron chi connectivity index (χ1n) is 8.92. The third-order valence-electron chi connectivity index (χ3n) is 4.47. The van der Waals surface area contributed by atoms with Crippen LogP contribution in [0.3, 0.4) is 0 Å². The summed E-state index contributed by atoms with van der Waals surface area (Å²) < 4.78 is 5.95. The highest BCUT2D eigenvalue weighted by atomic mass is 16.5. The first kappa shape index (κ1) is 19.0. The second-order valence-corrected chi connectivity index (χ2v) is 7.04. The average Bonchev–Trinajstić information content (AvgIpc) is 2.57. The molecule has 134 valence electrons. The predicted octanol–water partition coefficient (Wildman–Crippen LogP) is 5.07. The standard InChI is InChI=1S/C22H29NO2/c1-14(2)19-9-7-8-10-21(19)25-18(6)22(24)23-17(5)20-13-15(3)11-12-16(20)4/h7-14,17-18H,1-6H3,(H,23,24)/t17-,18+/m0/s1. The van der Waals surface area contributed by atoms with Crippen LogP contribution in [0.25, 0.3) is 0 Å². The minimum Gasteiger partial charge on any atom is -0.481 e. The molecule has 2 atom stereocenters. The lowest BCUT2D eigenvalue weighted by atomic mass is 10.00. The van der Waals surface area contributed by atoms with E-state index < -0.39 is 6.10 Å². The number of ether oxygens (including phenoxy) is 1. The van der Waals surface area contributed by atoms with Gasteiger partial charge in [0.05, 0.1) is 6.04 Å². The molecule has 1 amide bonds. The Morgan fingerprint density at radius 3 is 2.32 bits per heavy atom. The normalized spacial score (nSPS) is 13.4. The third kappa shape index (κ3) is 4.85. The number of aryl methyl sites for hydroxylation is 2. The van der Waals surface area contributed by atoms with E-state index in [0.717, 1.165) is 16.9 Å². The molecular weight excluding hydrogens is 310 g/mol. The maximum Gasteiger partial charge on any atom is 0.261 e. The number of nitrogens with one attached hydrogen (secondary N) is 1. The van der Waals surface area contributed by atoms with E-state index in [1.165, 1.54) is 11.1 Å². The van der Waals surface area contributed by atoms with Crippen LogP contribution in [0.2, 0.25) is 0 Å². The van der Waals surface area contributed by atoms with E-state index in [0.29, 0.717) is 5.92 Å². The van der Waals surface area contributed by atoms with Gasteiger partial charge < -0.3 is 10.1 Å². The third-order valence-corrected chi connectivity index (χ3v) is 4.47. The monoisotopic (exact) mass is 339 g/mol. The minimum atomic E-state index is -0.549. The Morgan fingerprint density at radius 1 is 0.960 bits per heavy atom. The fraction of sp³-hybridized carbons (Fsp3) is 0.409. The smallest absolute Gasteiger partial charge is 0.261 e. The zero-order valence-electron chi connectivity index (χ0n) is 16.1. The lowest BCUT2D eigenvalue weighted by molar-refractivity contribution is -0.127. The summed E-state index contributed by atoms with van der Waals surface area (Å²) in [5.41, 5.74) is 4.63. The van der Waals surface area contributed by atoms with Crippen LogP contribution in [0, 0.1) is 13.8 Å². The highest BCUT2D eigenvalue weighted by Crippen LogP contribution is 2.27. The lowest BCUT2D eigenvalue weighted by Gasteiger charge is -2.22. The number of carbonyl (C=O) groups excluding carboxylic acids is 1. The SMILES string of the molecule is Cc1ccc(C)c([C@H](C)NC(=O)[C@@H](C)Oc2ccccc2C(C)C)c1. The number of para-hydroxylation sites is 1. The molecule has 2 aromatic rings. The largest absolute Gasteiger partial charge is 0.481 e. The van der Waals surface area contributed by atoms with Crippen LogP contribution >= 0.6 is 0 Å². The van der Waals surface area contributed by atoms with E-state index in [1.807, 2.05) is 31.2 Å². The zero-order chi connectivity index (χ0) is 18.6. The Labute approximate surface area is 151 Å². The second kappa shape index (κ2) is 8.19. The molecule has 3 nitrogen and oxygen atoms in total. The predicted molar refractivity (Wildman–Crippen MR) is 103 cm³/mol. The topological polar surface area (TPSA) is 38.3 Å². The molecule has 1 N–H and O–H groups in total. The Kier molecular flexibility index (Phi) is 6.24. The van der Waals surface area contributed by atoms with E-state index in [1.54, 1.807) is 6.92 Å². The molecule has 0 radical (unpaired) electrons. The number of rotatable bonds is 6. The Bertz CT molecular complexity index is 737. The molecule has 3 heteroatoms. The van der Waals surface area contributed by atoms with Gasteiger partial charge >= 0.3 is 0 Å². The van der Waals surface area contributed by atoms with Crippen molar-refractivity contribution >= 4 is 5.91 Å². The maximum atomic E-state index is 12.6. The Hall–Kier alpha value is -2.29. The molecule has 0 aliphatic heterocycles. The molecule has 0 aliphatic carbocycles. The number of hydrogen-bond donors (Lipinski definition) is 1. The molecule has 2 aromatic carbocycles. The van der Waals surface area contributed by atoms with Crippen molar-refractivity contribution < 1.29 is 9.53 Å². The molecule has 0 unspecified atom stereocenters. The summed E-state index contributed by atoms with van der Waals surface area (Å²) in [5, 5.41) is 3.07. The van der Waals surface area contributed by atoms with Crippen molar-refractivity contribution in [2.24, 2.45) is 0 Å². The summed E-state index contributed by atoms with van der Waals surface area (Å²) in [5.74, 6) is 1.02. The fourth-order valence-electron chi connectivity index (χ4n) is 2.94. The van der Waals surface area contributed by atoms with Crippen molar-refractivity contribution in [1.29, 1.82) is 0 Å². The van der Waals surface area contributed by atoms with Crippen LogP contribution in [0.1, 0.15) is 61.9 Å². The van der Waals surface area contributed by atoms with Gasteiger partial charge in [-0.1, -0.05) is 55.8 Å². The van der Waals surface area contributed by atoms with Crippen LogP contribution in [0.5, 0.6) is 5.75 Å². The van der Waals surface area contributed by atoms with Crippen LogP contribution in [-0.4, -0.2) is 12.0 Å². The first-order chi connectivity index (χ1) is 11.8. The summed E-state index contributed by atoms with van der Waals surface area (Å²) in [6.07, 6.45) is -0.549. The number of benzene rings is 2. The first-order valence-corrected chi connectivity index (χ1v) is 8.92. The summed E-state index contributed by atoms with van der Waals surface area (Å²) >= 11 is 0. The number of amides is 1. The lowest BCUT2D eigenvalue weighted by Crippen LogP contribution is -2.38. The number of carbonyl (C=O) groups is 1. The van der Waals surface area contributed by atoms with Crippen LogP contribution in [0.4, 0.5) is 0 Å².